The Morgan fingerprint density at radius 3 is 2.59 bits per heavy atom. The standard InChI is InChI=1S/C24H34N4O3S/c1-5-6-13-31-17-21(14-18(2)3)27-32(29,30)22-9-7-20(8-10-22)16-28-19(4)26-23-15-25-12-11-24(23)28/h7-12,15,18,21,27H,5-6,13-14,16-17H2,1-4H3/t21-/m0/s1. The summed E-state index contributed by atoms with van der Waals surface area (Å²) in [5.74, 6) is 1.26. The summed E-state index contributed by atoms with van der Waals surface area (Å²) in [7, 11) is -3.63. The number of sulfonamides is 1. The normalized spacial score (nSPS) is 13.2. The predicted octanol–water partition coefficient (Wildman–Crippen LogP) is 4.30. The summed E-state index contributed by atoms with van der Waals surface area (Å²) in [6, 6.07) is 8.74. The van der Waals surface area contributed by atoms with E-state index in [0.717, 1.165) is 41.7 Å². The fourth-order valence-corrected chi connectivity index (χ4v) is 4.97. The van der Waals surface area contributed by atoms with E-state index in [4.69, 9.17) is 4.74 Å². The van der Waals surface area contributed by atoms with Gasteiger partial charge in [0.15, 0.2) is 0 Å². The van der Waals surface area contributed by atoms with Gasteiger partial charge in [-0.05, 0) is 49.4 Å². The third-order valence-corrected chi connectivity index (χ3v) is 6.89. The predicted molar refractivity (Wildman–Crippen MR) is 127 cm³/mol. The van der Waals surface area contributed by atoms with E-state index in [-0.39, 0.29) is 10.9 Å². The average Bonchev–Trinajstić information content (AvgIpc) is 3.06. The number of fused-ring (bicyclic) bond motifs is 1. The second kappa shape index (κ2) is 11.0. The van der Waals surface area contributed by atoms with E-state index in [1.54, 1.807) is 24.5 Å². The molecule has 0 fully saturated rings. The molecule has 8 heteroatoms. The maximum atomic E-state index is 13.0. The Morgan fingerprint density at radius 2 is 1.91 bits per heavy atom. The minimum Gasteiger partial charge on any atom is -0.380 e. The molecule has 7 nitrogen and oxygen atoms in total. The van der Waals surface area contributed by atoms with Crippen molar-refractivity contribution in [1.82, 2.24) is 19.3 Å². The molecule has 1 atom stereocenters. The fourth-order valence-electron chi connectivity index (χ4n) is 3.74. The Morgan fingerprint density at radius 1 is 1.16 bits per heavy atom. The zero-order valence-electron chi connectivity index (χ0n) is 19.4. The van der Waals surface area contributed by atoms with Crippen LogP contribution in [0, 0.1) is 12.8 Å². The molecule has 2 aromatic heterocycles. The summed E-state index contributed by atoms with van der Waals surface area (Å²) in [5.41, 5.74) is 2.87. The number of hydrogen-bond acceptors (Lipinski definition) is 5. The number of imidazole rings is 1. The Balaban J connectivity index is 1.70. The topological polar surface area (TPSA) is 86.1 Å². The number of aryl methyl sites for hydroxylation is 1. The molecule has 0 unspecified atom stereocenters. The third-order valence-electron chi connectivity index (χ3n) is 5.35. The molecule has 0 bridgehead atoms. The number of pyridine rings is 1. The van der Waals surface area contributed by atoms with Crippen molar-refractivity contribution in [3.05, 3.63) is 54.1 Å². The van der Waals surface area contributed by atoms with Crippen LogP contribution in [0.5, 0.6) is 0 Å². The molecular weight excluding hydrogens is 424 g/mol. The Hall–Kier alpha value is -2.29. The molecular formula is C24H34N4O3S. The molecule has 0 aliphatic heterocycles. The second-order valence-electron chi connectivity index (χ2n) is 8.63. The van der Waals surface area contributed by atoms with Gasteiger partial charge in [-0.2, -0.15) is 0 Å². The Bertz CT molecular complexity index is 1110. The van der Waals surface area contributed by atoms with Crippen LogP contribution in [-0.2, 0) is 21.3 Å². The van der Waals surface area contributed by atoms with Gasteiger partial charge in [0.25, 0.3) is 0 Å². The number of unbranched alkanes of at least 4 members (excludes halogenated alkanes) is 1. The molecule has 1 aromatic carbocycles. The van der Waals surface area contributed by atoms with Crippen molar-refractivity contribution in [1.29, 1.82) is 0 Å². The van der Waals surface area contributed by atoms with Crippen molar-refractivity contribution in [2.75, 3.05) is 13.2 Å². The van der Waals surface area contributed by atoms with Crippen LogP contribution in [0.25, 0.3) is 11.0 Å². The van der Waals surface area contributed by atoms with E-state index in [1.165, 1.54) is 0 Å². The van der Waals surface area contributed by atoms with Gasteiger partial charge in [-0.1, -0.05) is 39.3 Å². The zero-order valence-corrected chi connectivity index (χ0v) is 20.2. The largest absolute Gasteiger partial charge is 0.380 e. The fraction of sp³-hybridized carbons (Fsp3) is 0.500. The molecule has 0 spiro atoms. The first-order valence-corrected chi connectivity index (χ1v) is 12.7. The number of aromatic nitrogens is 3. The van der Waals surface area contributed by atoms with Crippen LogP contribution in [0.2, 0.25) is 0 Å². The first kappa shape index (κ1) is 24.4. The zero-order chi connectivity index (χ0) is 23.1. The lowest BCUT2D eigenvalue weighted by Crippen LogP contribution is -2.39. The number of nitrogens with one attached hydrogen (secondary N) is 1. The van der Waals surface area contributed by atoms with Gasteiger partial charge in [-0.15, -0.1) is 0 Å². The summed E-state index contributed by atoms with van der Waals surface area (Å²) < 4.78 is 36.6. The van der Waals surface area contributed by atoms with E-state index < -0.39 is 10.0 Å². The van der Waals surface area contributed by atoms with Gasteiger partial charge in [-0.25, -0.2) is 18.1 Å². The van der Waals surface area contributed by atoms with Crippen molar-refractivity contribution >= 4 is 21.1 Å². The smallest absolute Gasteiger partial charge is 0.240 e. The van der Waals surface area contributed by atoms with Crippen molar-refractivity contribution in [3.8, 4) is 0 Å². The average molecular weight is 459 g/mol. The highest BCUT2D eigenvalue weighted by molar-refractivity contribution is 7.89. The molecule has 0 saturated carbocycles. The first-order chi connectivity index (χ1) is 15.3. The molecule has 32 heavy (non-hydrogen) atoms. The van der Waals surface area contributed by atoms with E-state index in [0.29, 0.717) is 25.7 Å². The van der Waals surface area contributed by atoms with Gasteiger partial charge in [-0.3, -0.25) is 4.98 Å². The Kier molecular flexibility index (Phi) is 8.39. The monoisotopic (exact) mass is 458 g/mol. The third kappa shape index (κ3) is 6.37. The van der Waals surface area contributed by atoms with Crippen molar-refractivity contribution in [2.45, 2.75) is 64.4 Å². The number of ether oxygens (including phenoxy) is 1. The minimum atomic E-state index is -3.63. The second-order valence-corrected chi connectivity index (χ2v) is 10.3. The molecule has 0 saturated heterocycles. The van der Waals surface area contributed by atoms with E-state index in [1.807, 2.05) is 25.1 Å². The molecule has 3 aromatic rings. The highest BCUT2D eigenvalue weighted by Crippen LogP contribution is 2.18. The molecule has 1 N–H and O–H groups in total. The SMILES string of the molecule is CCCCOC[C@H](CC(C)C)NS(=O)(=O)c1ccc(Cn2c(C)nc3cnccc32)cc1. The molecule has 0 radical (unpaired) electrons. The molecule has 0 aliphatic rings. The quantitative estimate of drug-likeness (QED) is 0.409. The lowest BCUT2D eigenvalue weighted by Gasteiger charge is -2.21. The van der Waals surface area contributed by atoms with Gasteiger partial charge in [0.05, 0.1) is 23.2 Å². The van der Waals surface area contributed by atoms with Gasteiger partial charge in [0.1, 0.15) is 11.3 Å². The summed E-state index contributed by atoms with van der Waals surface area (Å²) in [6.07, 6.45) is 6.26. The first-order valence-electron chi connectivity index (χ1n) is 11.3. The summed E-state index contributed by atoms with van der Waals surface area (Å²) in [6.45, 7) is 9.88. The summed E-state index contributed by atoms with van der Waals surface area (Å²) in [5, 5.41) is 0. The van der Waals surface area contributed by atoms with Crippen molar-refractivity contribution < 1.29 is 13.2 Å². The maximum Gasteiger partial charge on any atom is 0.240 e. The van der Waals surface area contributed by atoms with Gasteiger partial charge in [0.2, 0.25) is 10.0 Å². The summed E-state index contributed by atoms with van der Waals surface area (Å²) >= 11 is 0. The number of hydrogen-bond donors (Lipinski definition) is 1. The van der Waals surface area contributed by atoms with Crippen LogP contribution in [-0.4, -0.2) is 42.2 Å². The van der Waals surface area contributed by atoms with Crippen LogP contribution in [0.3, 0.4) is 0 Å². The lowest BCUT2D eigenvalue weighted by atomic mass is 10.1. The van der Waals surface area contributed by atoms with E-state index in [2.05, 4.69) is 40.0 Å². The van der Waals surface area contributed by atoms with Crippen molar-refractivity contribution in [3.63, 3.8) is 0 Å². The van der Waals surface area contributed by atoms with Crippen LogP contribution in [0.15, 0.2) is 47.6 Å². The number of rotatable bonds is 12. The van der Waals surface area contributed by atoms with Gasteiger partial charge in [0, 0.05) is 25.4 Å². The highest BCUT2D eigenvalue weighted by Gasteiger charge is 2.21. The van der Waals surface area contributed by atoms with Gasteiger partial charge >= 0.3 is 0 Å². The van der Waals surface area contributed by atoms with Crippen molar-refractivity contribution in [2.24, 2.45) is 5.92 Å². The number of nitrogens with zero attached hydrogens (tertiary/aromatic N) is 3. The minimum absolute atomic E-state index is 0.245. The molecule has 0 aliphatic carbocycles. The highest BCUT2D eigenvalue weighted by atomic mass is 32.2. The summed E-state index contributed by atoms with van der Waals surface area (Å²) in [4.78, 5) is 8.93. The van der Waals surface area contributed by atoms with E-state index >= 15 is 0 Å². The number of benzene rings is 1. The maximum absolute atomic E-state index is 13.0. The van der Waals surface area contributed by atoms with Crippen LogP contribution >= 0.6 is 0 Å². The molecule has 0 amide bonds. The molecule has 2 heterocycles. The lowest BCUT2D eigenvalue weighted by molar-refractivity contribution is 0.109. The molecule has 3 rings (SSSR count). The Labute approximate surface area is 191 Å². The van der Waals surface area contributed by atoms with E-state index in [9.17, 15) is 8.42 Å². The van der Waals surface area contributed by atoms with Gasteiger partial charge < -0.3 is 9.30 Å². The van der Waals surface area contributed by atoms with Crippen LogP contribution in [0.4, 0.5) is 0 Å². The molecule has 174 valence electrons. The van der Waals surface area contributed by atoms with Crippen LogP contribution < -0.4 is 4.72 Å². The van der Waals surface area contributed by atoms with Crippen LogP contribution in [0.1, 0.15) is 51.4 Å².